The monoisotopic (exact) mass is 318 g/mol. The van der Waals surface area contributed by atoms with Gasteiger partial charge in [0.1, 0.15) is 0 Å². The van der Waals surface area contributed by atoms with E-state index < -0.39 is 0 Å². The Kier molecular flexibility index (Phi) is 3.64. The summed E-state index contributed by atoms with van der Waals surface area (Å²) in [6, 6.07) is 16.4. The van der Waals surface area contributed by atoms with Crippen molar-refractivity contribution in [3.63, 3.8) is 0 Å². The Hall–Kier alpha value is -2.55. The van der Waals surface area contributed by atoms with E-state index in [-0.39, 0.29) is 5.56 Å². The molecule has 0 atom stereocenters. The number of para-hydroxylation sites is 2. The van der Waals surface area contributed by atoms with Crippen LogP contribution in [0.2, 0.25) is 0 Å². The van der Waals surface area contributed by atoms with Crippen molar-refractivity contribution in [1.29, 1.82) is 0 Å². The molecule has 4 aromatic rings. The van der Waals surface area contributed by atoms with Crippen LogP contribution in [0.1, 0.15) is 37.9 Å². The summed E-state index contributed by atoms with van der Waals surface area (Å²) in [4.78, 5) is 13.1. The Morgan fingerprint density at radius 1 is 0.750 bits per heavy atom. The first-order valence-electron chi connectivity index (χ1n) is 8.82. The van der Waals surface area contributed by atoms with Crippen molar-refractivity contribution >= 4 is 21.8 Å². The summed E-state index contributed by atoms with van der Waals surface area (Å²) in [5.74, 6) is 0. The molecule has 0 spiro atoms. The Bertz CT molecular complexity index is 1100. The number of nitrogens with zero attached hydrogens (tertiary/aromatic N) is 2. The zero-order chi connectivity index (χ0) is 16.7. The van der Waals surface area contributed by atoms with Crippen LogP contribution in [0.4, 0.5) is 0 Å². The van der Waals surface area contributed by atoms with E-state index in [1.807, 2.05) is 28.8 Å². The molecule has 0 saturated carbocycles. The summed E-state index contributed by atoms with van der Waals surface area (Å²) in [7, 11) is 0. The Morgan fingerprint density at radius 2 is 1.33 bits per heavy atom. The largest absolute Gasteiger partial charge is 0.279 e. The number of benzene rings is 2. The summed E-state index contributed by atoms with van der Waals surface area (Å²) >= 11 is 0. The van der Waals surface area contributed by atoms with Gasteiger partial charge in [0.25, 0.3) is 5.56 Å². The van der Waals surface area contributed by atoms with Gasteiger partial charge in [0, 0.05) is 11.1 Å². The molecule has 0 aliphatic carbocycles. The quantitative estimate of drug-likeness (QED) is 0.539. The molecule has 0 saturated heterocycles. The molecule has 0 aliphatic rings. The molecule has 3 nitrogen and oxygen atoms in total. The molecule has 122 valence electrons. The third kappa shape index (κ3) is 2.01. The molecule has 24 heavy (non-hydrogen) atoms. The number of fused-ring (bicyclic) bond motifs is 5. The van der Waals surface area contributed by atoms with Crippen molar-refractivity contribution in [3.8, 4) is 0 Å². The Balaban J connectivity index is 2.34. The lowest BCUT2D eigenvalue weighted by atomic mass is 10.0. The van der Waals surface area contributed by atoms with E-state index in [4.69, 9.17) is 0 Å². The van der Waals surface area contributed by atoms with Crippen LogP contribution in [0.5, 0.6) is 0 Å². The number of aryl methyl sites for hydroxylation is 2. The number of hydrogen-bond donors (Lipinski definition) is 0. The van der Waals surface area contributed by atoms with E-state index >= 15 is 0 Å². The maximum absolute atomic E-state index is 13.1. The summed E-state index contributed by atoms with van der Waals surface area (Å²) in [6.07, 6.45) is 4.02. The molecule has 0 N–H and O–H groups in total. The Morgan fingerprint density at radius 3 is 2.00 bits per heavy atom. The topological polar surface area (TPSA) is 25.9 Å². The number of aromatic nitrogens is 2. The van der Waals surface area contributed by atoms with Crippen LogP contribution >= 0.6 is 0 Å². The highest BCUT2D eigenvalue weighted by Crippen LogP contribution is 2.26. The molecule has 4 rings (SSSR count). The van der Waals surface area contributed by atoms with Crippen LogP contribution in [0, 0.1) is 0 Å². The van der Waals surface area contributed by atoms with Crippen LogP contribution in [0.15, 0.2) is 53.3 Å². The average Bonchev–Trinajstić information content (AvgIpc) is 2.91. The first-order chi connectivity index (χ1) is 11.8. The summed E-state index contributed by atoms with van der Waals surface area (Å²) in [5, 5.41) is 2.06. The first-order valence-corrected chi connectivity index (χ1v) is 8.82. The highest BCUT2D eigenvalue weighted by Gasteiger charge is 2.18. The minimum absolute atomic E-state index is 0.0946. The summed E-state index contributed by atoms with van der Waals surface area (Å²) < 4.78 is 4.03. The highest BCUT2D eigenvalue weighted by atomic mass is 16.1. The minimum atomic E-state index is 0.0946. The maximum atomic E-state index is 13.1. The lowest BCUT2D eigenvalue weighted by Gasteiger charge is -2.17. The van der Waals surface area contributed by atoms with Crippen LogP contribution < -0.4 is 5.56 Å². The normalized spacial score (nSPS) is 11.8. The van der Waals surface area contributed by atoms with E-state index in [2.05, 4.69) is 42.6 Å². The number of rotatable bonds is 4. The fourth-order valence-electron chi connectivity index (χ4n) is 3.85. The Labute approximate surface area is 141 Å². The van der Waals surface area contributed by atoms with Crippen molar-refractivity contribution in [2.45, 2.75) is 39.5 Å². The van der Waals surface area contributed by atoms with E-state index in [1.54, 1.807) is 0 Å². The van der Waals surface area contributed by atoms with Crippen LogP contribution in [0.25, 0.3) is 21.8 Å². The van der Waals surface area contributed by atoms with Gasteiger partial charge >= 0.3 is 0 Å². The highest BCUT2D eigenvalue weighted by molar-refractivity contribution is 5.89. The zero-order valence-corrected chi connectivity index (χ0v) is 14.2. The molecule has 0 unspecified atom stereocenters. The fourth-order valence-corrected chi connectivity index (χ4v) is 3.85. The second-order valence-electron chi connectivity index (χ2n) is 6.39. The van der Waals surface area contributed by atoms with E-state index in [1.165, 1.54) is 16.6 Å². The summed E-state index contributed by atoms with van der Waals surface area (Å²) in [6.45, 7) is 4.38. The lowest BCUT2D eigenvalue weighted by molar-refractivity contribution is 0.723. The van der Waals surface area contributed by atoms with Gasteiger partial charge in [-0.1, -0.05) is 57.0 Å². The van der Waals surface area contributed by atoms with Gasteiger partial charge in [-0.05, 0) is 36.6 Å². The van der Waals surface area contributed by atoms with Gasteiger partial charge in [0.05, 0.1) is 16.4 Å². The van der Waals surface area contributed by atoms with Crippen molar-refractivity contribution in [2.75, 3.05) is 0 Å². The van der Waals surface area contributed by atoms with Crippen molar-refractivity contribution in [2.24, 2.45) is 0 Å². The third-order valence-corrected chi connectivity index (χ3v) is 4.80. The van der Waals surface area contributed by atoms with Gasteiger partial charge in [-0.15, -0.1) is 0 Å². The van der Waals surface area contributed by atoms with Gasteiger partial charge in [0.2, 0.25) is 0 Å². The van der Waals surface area contributed by atoms with Crippen molar-refractivity contribution in [3.05, 3.63) is 70.1 Å². The van der Waals surface area contributed by atoms with E-state index in [9.17, 15) is 4.79 Å². The zero-order valence-electron chi connectivity index (χ0n) is 14.2. The van der Waals surface area contributed by atoms with Crippen LogP contribution in [0.3, 0.4) is 0 Å². The second kappa shape index (κ2) is 5.82. The predicted molar refractivity (Wildman–Crippen MR) is 100 cm³/mol. The molecular weight excluding hydrogens is 296 g/mol. The number of hydrogen-bond acceptors (Lipinski definition) is 1. The van der Waals surface area contributed by atoms with Gasteiger partial charge in [-0.25, -0.2) is 9.03 Å². The van der Waals surface area contributed by atoms with Gasteiger partial charge < -0.3 is 0 Å². The first kappa shape index (κ1) is 15.0. The van der Waals surface area contributed by atoms with Crippen LogP contribution in [-0.2, 0) is 12.8 Å². The molecule has 0 aliphatic heterocycles. The molecule has 0 fully saturated rings. The predicted octanol–water partition coefficient (Wildman–Crippen LogP) is 4.61. The standard InChI is InChI=1S/C21H22N2O/c1-3-9-15-16-11-5-7-13-19(16)22-20-14-8-6-12-17(20)21(24)23(22)18(15)10-4-2/h5-8,11-14H,3-4,9-10H2,1-2H3. The molecule has 0 radical (unpaired) electrons. The average molecular weight is 318 g/mol. The van der Waals surface area contributed by atoms with Gasteiger partial charge in [-0.2, -0.15) is 0 Å². The second-order valence-corrected chi connectivity index (χ2v) is 6.39. The van der Waals surface area contributed by atoms with Crippen molar-refractivity contribution in [1.82, 2.24) is 9.03 Å². The van der Waals surface area contributed by atoms with E-state index in [0.29, 0.717) is 0 Å². The van der Waals surface area contributed by atoms with Gasteiger partial charge in [-0.3, -0.25) is 4.79 Å². The maximum Gasteiger partial charge on any atom is 0.279 e. The molecule has 0 bridgehead atoms. The van der Waals surface area contributed by atoms with Crippen LogP contribution in [-0.4, -0.2) is 9.03 Å². The molecule has 2 aromatic heterocycles. The molecule has 2 aromatic carbocycles. The molecular formula is C21H22N2O. The van der Waals surface area contributed by atoms with Crippen molar-refractivity contribution < 1.29 is 0 Å². The minimum Gasteiger partial charge on any atom is -0.267 e. The molecule has 0 amide bonds. The molecule has 2 heterocycles. The fraction of sp³-hybridized carbons (Fsp3) is 0.286. The van der Waals surface area contributed by atoms with Gasteiger partial charge in [0.15, 0.2) is 0 Å². The molecule has 3 heteroatoms. The summed E-state index contributed by atoms with van der Waals surface area (Å²) in [5.41, 5.74) is 4.68. The SMILES string of the molecule is CCCc1c(CCC)n2c(=O)c3ccccc3n2c2ccccc12. The lowest BCUT2D eigenvalue weighted by Crippen LogP contribution is -2.19. The third-order valence-electron chi connectivity index (χ3n) is 4.80. The smallest absolute Gasteiger partial charge is 0.267 e. The van der Waals surface area contributed by atoms with E-state index in [0.717, 1.165) is 42.1 Å².